The summed E-state index contributed by atoms with van der Waals surface area (Å²) < 4.78 is 43.3. The van der Waals surface area contributed by atoms with Crippen LogP contribution in [-0.2, 0) is 17.5 Å². The van der Waals surface area contributed by atoms with Crippen LogP contribution in [-0.4, -0.2) is 22.6 Å². The number of carbonyl (C=O) groups excluding carboxylic acids is 1. The van der Waals surface area contributed by atoms with Crippen LogP contribution in [0.4, 0.5) is 18.0 Å². The van der Waals surface area contributed by atoms with Crippen molar-refractivity contribution in [2.75, 3.05) is 6.54 Å². The topological polar surface area (TPSA) is 84.1 Å². The van der Waals surface area contributed by atoms with E-state index in [1.807, 2.05) is 23.2 Å². The van der Waals surface area contributed by atoms with Gasteiger partial charge in [-0.05, 0) is 5.56 Å². The standard InChI is InChI=1S/C17H14F3N3O3/c18-17(19,20)14-13(15(24)23-11-22-14)8-4-5-9-21-16(25)26-10-12-6-2-1-3-7-12/h1-3,6-7,11H,5,9-10H2,(H,21,25)(H,22,23,24). The zero-order valence-electron chi connectivity index (χ0n) is 13.4. The Kier molecular flexibility index (Phi) is 6.38. The second-order valence-electron chi connectivity index (χ2n) is 4.99. The van der Waals surface area contributed by atoms with Gasteiger partial charge in [-0.3, -0.25) is 4.79 Å². The zero-order chi connectivity index (χ0) is 19.0. The van der Waals surface area contributed by atoms with Crippen LogP contribution in [0.5, 0.6) is 0 Å². The van der Waals surface area contributed by atoms with Gasteiger partial charge in [0.15, 0.2) is 5.69 Å². The van der Waals surface area contributed by atoms with Gasteiger partial charge >= 0.3 is 12.3 Å². The average molecular weight is 365 g/mol. The second-order valence-corrected chi connectivity index (χ2v) is 4.99. The van der Waals surface area contributed by atoms with E-state index < -0.39 is 29.1 Å². The molecular formula is C17H14F3N3O3. The number of alkyl carbamates (subject to hydrolysis) is 1. The summed E-state index contributed by atoms with van der Waals surface area (Å²) >= 11 is 0. The summed E-state index contributed by atoms with van der Waals surface area (Å²) in [7, 11) is 0. The monoisotopic (exact) mass is 365 g/mol. The maximum atomic E-state index is 12.8. The fraction of sp³-hybridized carbons (Fsp3) is 0.235. The van der Waals surface area contributed by atoms with Crippen LogP contribution >= 0.6 is 0 Å². The molecule has 0 aliphatic heterocycles. The highest BCUT2D eigenvalue weighted by molar-refractivity contribution is 5.67. The number of alkyl halides is 3. The molecule has 0 radical (unpaired) electrons. The number of rotatable bonds is 4. The molecule has 2 N–H and O–H groups in total. The van der Waals surface area contributed by atoms with Gasteiger partial charge in [-0.15, -0.1) is 0 Å². The molecule has 1 aromatic heterocycles. The lowest BCUT2D eigenvalue weighted by Gasteiger charge is -2.06. The fourth-order valence-corrected chi connectivity index (χ4v) is 1.88. The molecule has 2 rings (SSSR count). The second kappa shape index (κ2) is 8.71. The number of aromatic amines is 1. The number of nitrogens with zero attached hydrogens (tertiary/aromatic N) is 1. The number of carbonyl (C=O) groups is 1. The summed E-state index contributed by atoms with van der Waals surface area (Å²) in [5, 5.41) is 2.41. The van der Waals surface area contributed by atoms with Gasteiger partial charge in [0.2, 0.25) is 0 Å². The Labute approximate surface area is 146 Å². The van der Waals surface area contributed by atoms with Crippen molar-refractivity contribution in [1.82, 2.24) is 15.3 Å². The number of amides is 1. The average Bonchev–Trinajstić information content (AvgIpc) is 2.60. The minimum Gasteiger partial charge on any atom is -0.445 e. The van der Waals surface area contributed by atoms with E-state index in [0.717, 1.165) is 5.56 Å². The molecule has 1 heterocycles. The van der Waals surface area contributed by atoms with E-state index >= 15 is 0 Å². The summed E-state index contributed by atoms with van der Waals surface area (Å²) in [6.07, 6.45) is -4.75. The van der Waals surface area contributed by atoms with E-state index in [-0.39, 0.29) is 19.6 Å². The fourth-order valence-electron chi connectivity index (χ4n) is 1.88. The van der Waals surface area contributed by atoms with E-state index in [4.69, 9.17) is 4.74 Å². The first-order valence-electron chi connectivity index (χ1n) is 7.46. The van der Waals surface area contributed by atoms with Crippen molar-refractivity contribution in [1.29, 1.82) is 0 Å². The number of benzene rings is 1. The molecular weight excluding hydrogens is 351 g/mol. The van der Waals surface area contributed by atoms with E-state index in [2.05, 4.69) is 22.1 Å². The van der Waals surface area contributed by atoms with E-state index in [9.17, 15) is 22.8 Å². The first kappa shape index (κ1) is 19.1. The van der Waals surface area contributed by atoms with Crippen LogP contribution in [0.2, 0.25) is 0 Å². The molecule has 26 heavy (non-hydrogen) atoms. The van der Waals surface area contributed by atoms with Crippen LogP contribution in [0.3, 0.4) is 0 Å². The number of halogens is 3. The van der Waals surface area contributed by atoms with E-state index in [1.54, 1.807) is 12.1 Å². The molecule has 1 aromatic carbocycles. The lowest BCUT2D eigenvalue weighted by molar-refractivity contribution is -0.141. The largest absolute Gasteiger partial charge is 0.445 e. The lowest BCUT2D eigenvalue weighted by Crippen LogP contribution is -2.25. The lowest BCUT2D eigenvalue weighted by atomic mass is 10.2. The third kappa shape index (κ3) is 5.66. The Morgan fingerprint density at radius 1 is 1.27 bits per heavy atom. The maximum absolute atomic E-state index is 12.8. The van der Waals surface area contributed by atoms with Gasteiger partial charge in [-0.2, -0.15) is 13.2 Å². The predicted molar refractivity (Wildman–Crippen MR) is 86.0 cm³/mol. The number of hydrogen-bond acceptors (Lipinski definition) is 4. The summed E-state index contributed by atoms with van der Waals surface area (Å²) in [6, 6.07) is 9.04. The highest BCUT2D eigenvalue weighted by atomic mass is 19.4. The van der Waals surface area contributed by atoms with Gasteiger partial charge in [-0.25, -0.2) is 9.78 Å². The van der Waals surface area contributed by atoms with Crippen LogP contribution in [0.15, 0.2) is 41.5 Å². The van der Waals surface area contributed by atoms with Gasteiger partial charge < -0.3 is 15.0 Å². The molecule has 0 saturated heterocycles. The van der Waals surface area contributed by atoms with Crippen LogP contribution in [0, 0.1) is 11.8 Å². The van der Waals surface area contributed by atoms with Gasteiger partial charge in [0.05, 0.1) is 6.33 Å². The van der Waals surface area contributed by atoms with Gasteiger partial charge in [0.25, 0.3) is 5.56 Å². The van der Waals surface area contributed by atoms with Gasteiger partial charge in [0, 0.05) is 13.0 Å². The molecule has 1 amide bonds. The molecule has 136 valence electrons. The van der Waals surface area contributed by atoms with Crippen molar-refractivity contribution in [2.24, 2.45) is 0 Å². The van der Waals surface area contributed by atoms with Crippen LogP contribution in [0.25, 0.3) is 0 Å². The third-order valence-electron chi connectivity index (χ3n) is 3.07. The SMILES string of the molecule is O=C(NCCC#Cc1c(C(F)(F)F)nc[nH]c1=O)OCc1ccccc1. The van der Waals surface area contributed by atoms with Crippen LogP contribution in [0.1, 0.15) is 23.2 Å². The summed E-state index contributed by atoms with van der Waals surface area (Å²) in [6.45, 7) is 0.151. The van der Waals surface area contributed by atoms with Gasteiger partial charge in [-0.1, -0.05) is 42.2 Å². The molecule has 0 bridgehead atoms. The molecule has 0 unspecified atom stereocenters. The Balaban J connectivity index is 1.84. The first-order valence-corrected chi connectivity index (χ1v) is 7.46. The quantitative estimate of drug-likeness (QED) is 0.644. The highest BCUT2D eigenvalue weighted by Gasteiger charge is 2.36. The molecule has 0 aliphatic carbocycles. The molecule has 0 atom stereocenters. The zero-order valence-corrected chi connectivity index (χ0v) is 13.4. The molecule has 2 aromatic rings. The number of nitrogens with one attached hydrogen (secondary N) is 2. The smallest absolute Gasteiger partial charge is 0.434 e. The molecule has 6 nitrogen and oxygen atoms in total. The number of hydrogen-bond donors (Lipinski definition) is 2. The van der Waals surface area contributed by atoms with Gasteiger partial charge in [0.1, 0.15) is 12.2 Å². The third-order valence-corrected chi connectivity index (χ3v) is 3.07. The molecule has 0 spiro atoms. The Morgan fingerprint density at radius 2 is 2.00 bits per heavy atom. The summed E-state index contributed by atoms with van der Waals surface area (Å²) in [5.41, 5.74) is -2.26. The number of ether oxygens (including phenoxy) is 1. The molecule has 0 fully saturated rings. The van der Waals surface area contributed by atoms with Crippen molar-refractivity contribution in [2.45, 2.75) is 19.2 Å². The highest BCUT2D eigenvalue weighted by Crippen LogP contribution is 2.28. The minimum atomic E-state index is -4.78. The van der Waals surface area contributed by atoms with E-state index in [1.165, 1.54) is 0 Å². The van der Waals surface area contributed by atoms with Crippen molar-refractivity contribution in [3.8, 4) is 11.8 Å². The van der Waals surface area contributed by atoms with Crippen LogP contribution < -0.4 is 10.9 Å². The number of H-pyrrole nitrogens is 1. The predicted octanol–water partition coefficient (Wildman–Crippen LogP) is 2.46. The first-order chi connectivity index (χ1) is 12.4. The normalized spacial score (nSPS) is 10.6. The summed E-state index contributed by atoms with van der Waals surface area (Å²) in [5.74, 6) is 4.56. The molecule has 0 aliphatic rings. The number of aromatic nitrogens is 2. The summed E-state index contributed by atoms with van der Waals surface area (Å²) in [4.78, 5) is 28.1. The van der Waals surface area contributed by atoms with Crippen molar-refractivity contribution < 1.29 is 22.7 Å². The molecule has 9 heteroatoms. The Hall–Kier alpha value is -3.28. The minimum absolute atomic E-state index is 0.0338. The Morgan fingerprint density at radius 3 is 2.69 bits per heavy atom. The Bertz CT molecular complexity index is 868. The molecule has 0 saturated carbocycles. The van der Waals surface area contributed by atoms with Crippen molar-refractivity contribution in [3.63, 3.8) is 0 Å². The van der Waals surface area contributed by atoms with E-state index in [0.29, 0.717) is 6.33 Å². The van der Waals surface area contributed by atoms with Crippen molar-refractivity contribution >= 4 is 6.09 Å². The van der Waals surface area contributed by atoms with Crippen molar-refractivity contribution in [3.05, 3.63) is 63.8 Å². The maximum Gasteiger partial charge on any atom is 0.434 e.